The summed E-state index contributed by atoms with van der Waals surface area (Å²) in [7, 11) is 2.15. The first-order chi connectivity index (χ1) is 29.0. The summed E-state index contributed by atoms with van der Waals surface area (Å²) in [4.78, 5) is 33.5. The molecule has 1 fully saturated rings. The molecule has 6 heterocycles. The van der Waals surface area contributed by atoms with Gasteiger partial charge in [-0.3, -0.25) is 9.36 Å². The van der Waals surface area contributed by atoms with Crippen LogP contribution in [-0.4, -0.2) is 73.3 Å². The maximum atomic E-state index is 13.9. The Bertz CT molecular complexity index is 2680. The molecule has 14 nitrogen and oxygen atoms in total. The van der Waals surface area contributed by atoms with Gasteiger partial charge in [-0.05, 0) is 85.1 Å². The van der Waals surface area contributed by atoms with Crippen molar-refractivity contribution in [1.29, 1.82) is 0 Å². The second-order valence-electron chi connectivity index (χ2n) is 15.0. The van der Waals surface area contributed by atoms with E-state index in [1.54, 1.807) is 35.3 Å². The number of nitrogens with one attached hydrogen (secondary N) is 1. The van der Waals surface area contributed by atoms with Crippen molar-refractivity contribution < 1.29 is 19.0 Å². The number of aryl methyl sites for hydroxylation is 1. The van der Waals surface area contributed by atoms with Gasteiger partial charge in [0.2, 0.25) is 0 Å². The predicted octanol–water partition coefficient (Wildman–Crippen LogP) is 6.52. The van der Waals surface area contributed by atoms with Crippen molar-refractivity contribution in [2.75, 3.05) is 43.9 Å². The van der Waals surface area contributed by atoms with E-state index in [2.05, 4.69) is 61.1 Å². The third-order valence-corrected chi connectivity index (χ3v) is 11.2. The fourth-order valence-corrected chi connectivity index (χ4v) is 8.12. The van der Waals surface area contributed by atoms with E-state index in [9.17, 15) is 4.79 Å². The Labute approximate surface area is 340 Å². The predicted molar refractivity (Wildman–Crippen MR) is 223 cm³/mol. The van der Waals surface area contributed by atoms with Gasteiger partial charge in [-0.1, -0.05) is 36.4 Å². The number of piperazine rings is 1. The zero-order valence-electron chi connectivity index (χ0n) is 32.4. The van der Waals surface area contributed by atoms with E-state index in [-0.39, 0.29) is 11.9 Å². The lowest BCUT2D eigenvalue weighted by molar-refractivity contribution is -0.0266. The highest BCUT2D eigenvalue weighted by molar-refractivity contribution is 5.95. The van der Waals surface area contributed by atoms with Crippen LogP contribution in [0.2, 0.25) is 0 Å². The molecule has 3 aromatic carbocycles. The first-order valence-electron chi connectivity index (χ1n) is 19.8. The summed E-state index contributed by atoms with van der Waals surface area (Å²) >= 11 is 0. The number of nitrogens with two attached hydrogens (primary N) is 1. The summed E-state index contributed by atoms with van der Waals surface area (Å²) in [6, 6.07) is 29.2. The highest BCUT2D eigenvalue weighted by Gasteiger charge is 2.30. The first-order valence-corrected chi connectivity index (χ1v) is 19.8. The van der Waals surface area contributed by atoms with Crippen LogP contribution in [0.3, 0.4) is 0 Å². The Balaban J connectivity index is 0.988. The number of fused-ring (bicyclic) bond motifs is 2. The minimum Gasteiger partial charge on any atom is -0.488 e. The molecule has 14 heteroatoms. The molecule has 10 rings (SSSR count). The molecule has 1 amide bonds. The van der Waals surface area contributed by atoms with Crippen LogP contribution in [0.15, 0.2) is 122 Å². The van der Waals surface area contributed by atoms with E-state index in [1.807, 2.05) is 54.7 Å². The number of nitrogen functional groups attached to an aromatic ring is 1. The van der Waals surface area contributed by atoms with Crippen LogP contribution in [-0.2, 0) is 22.5 Å². The van der Waals surface area contributed by atoms with Crippen LogP contribution >= 0.6 is 0 Å². The zero-order chi connectivity index (χ0) is 39.9. The van der Waals surface area contributed by atoms with E-state index in [4.69, 9.17) is 29.9 Å². The van der Waals surface area contributed by atoms with Gasteiger partial charge in [-0.2, -0.15) is 5.10 Å². The number of aromatic nitrogens is 6. The van der Waals surface area contributed by atoms with Gasteiger partial charge in [-0.25, -0.2) is 19.6 Å². The van der Waals surface area contributed by atoms with E-state index in [0.717, 1.165) is 72.6 Å². The van der Waals surface area contributed by atoms with Gasteiger partial charge >= 0.3 is 0 Å². The largest absolute Gasteiger partial charge is 0.488 e. The fraction of sp³-hybridized carbons (Fsp3) is 0.222. The standard InChI is InChI=1S/C45H42N10O4/c1-52-19-21-53(22-20-52)37-27-39(54-18-6-17-48-54)50-43-40(37)51-42(34-9-5-16-47-41(34)46)55(43)32-12-13-33-30(25-32)10-14-36(33)49-44(56)31-11-15-38(35(26-31)45-57-23-24-58-45)59-28-29-7-3-2-4-8-29/h2-9,11-13,15-18,23-27,36,45H,10,14,19-22,28H2,1H3,(H2,46,47)(H,49,56)/t36-/m0/s1. The van der Waals surface area contributed by atoms with Crippen LogP contribution in [0.4, 0.5) is 11.5 Å². The summed E-state index contributed by atoms with van der Waals surface area (Å²) in [6.07, 6.45) is 9.12. The van der Waals surface area contributed by atoms with Crippen molar-refractivity contribution in [3.05, 3.63) is 150 Å². The number of ether oxygens (including phenoxy) is 3. The van der Waals surface area contributed by atoms with E-state index in [0.29, 0.717) is 52.2 Å². The summed E-state index contributed by atoms with van der Waals surface area (Å²) in [5.74, 6) is 2.09. The topological polar surface area (TPSA) is 151 Å². The Morgan fingerprint density at radius 3 is 2.54 bits per heavy atom. The van der Waals surface area contributed by atoms with Gasteiger partial charge in [0, 0.05) is 62.1 Å². The number of pyridine rings is 2. The number of imidazole rings is 1. The normalized spacial score (nSPS) is 16.6. The molecule has 296 valence electrons. The number of benzene rings is 3. The highest BCUT2D eigenvalue weighted by atomic mass is 16.7. The molecular weight excluding hydrogens is 745 g/mol. The lowest BCUT2D eigenvalue weighted by atomic mass is 10.1. The lowest BCUT2D eigenvalue weighted by Crippen LogP contribution is -2.44. The summed E-state index contributed by atoms with van der Waals surface area (Å²) in [5, 5.41) is 7.83. The summed E-state index contributed by atoms with van der Waals surface area (Å²) in [6.45, 7) is 3.94. The van der Waals surface area contributed by atoms with Crippen molar-refractivity contribution in [1.82, 2.24) is 39.5 Å². The van der Waals surface area contributed by atoms with Crippen molar-refractivity contribution >= 4 is 28.6 Å². The molecule has 1 aliphatic carbocycles. The monoisotopic (exact) mass is 786 g/mol. The Hall–Kier alpha value is -7.19. The molecule has 7 aromatic rings. The summed E-state index contributed by atoms with van der Waals surface area (Å²) in [5.41, 5.74) is 14.9. The molecule has 3 N–H and O–H groups in total. The number of hydrogen-bond acceptors (Lipinski definition) is 11. The van der Waals surface area contributed by atoms with Crippen LogP contribution in [0, 0.1) is 0 Å². The molecule has 0 radical (unpaired) electrons. The molecule has 3 aliphatic rings. The van der Waals surface area contributed by atoms with E-state index >= 15 is 0 Å². The second-order valence-corrected chi connectivity index (χ2v) is 15.0. The molecule has 0 spiro atoms. The lowest BCUT2D eigenvalue weighted by Gasteiger charge is -2.34. The number of carbonyl (C=O) groups is 1. The van der Waals surface area contributed by atoms with E-state index in [1.165, 1.54) is 12.5 Å². The van der Waals surface area contributed by atoms with E-state index < -0.39 is 6.29 Å². The van der Waals surface area contributed by atoms with Gasteiger partial charge < -0.3 is 35.1 Å². The number of hydrogen-bond donors (Lipinski definition) is 2. The third kappa shape index (κ3) is 6.97. The van der Waals surface area contributed by atoms with Crippen LogP contribution in [0.1, 0.15) is 51.4 Å². The quantitative estimate of drug-likeness (QED) is 0.156. The Morgan fingerprint density at radius 1 is 0.898 bits per heavy atom. The SMILES string of the molecule is CN1CCN(c2cc(-n3cccn3)nc3c2nc(-c2cccnc2N)n3-c2ccc3c(c2)CC[C@@H]3NC(=O)c2ccc(OCc3ccccc3)c(C3OC=CO3)c2)CC1. The summed E-state index contributed by atoms with van der Waals surface area (Å²) < 4.78 is 21.4. The highest BCUT2D eigenvalue weighted by Crippen LogP contribution is 2.39. The van der Waals surface area contributed by atoms with Crippen LogP contribution in [0.25, 0.3) is 34.1 Å². The van der Waals surface area contributed by atoms with Crippen LogP contribution < -0.4 is 20.7 Å². The molecule has 4 aromatic heterocycles. The number of rotatable bonds is 10. The molecule has 1 atom stereocenters. The third-order valence-electron chi connectivity index (χ3n) is 11.2. The maximum absolute atomic E-state index is 13.9. The van der Waals surface area contributed by atoms with Crippen LogP contribution in [0.5, 0.6) is 5.75 Å². The molecule has 59 heavy (non-hydrogen) atoms. The number of carbonyl (C=O) groups excluding carboxylic acids is 1. The molecule has 0 saturated carbocycles. The maximum Gasteiger partial charge on any atom is 0.269 e. The average molecular weight is 787 g/mol. The van der Waals surface area contributed by atoms with Gasteiger partial charge in [0.05, 0.1) is 22.9 Å². The number of anilines is 2. The van der Waals surface area contributed by atoms with Gasteiger partial charge in [-0.15, -0.1) is 0 Å². The minimum absolute atomic E-state index is 0.189. The first kappa shape index (κ1) is 36.2. The smallest absolute Gasteiger partial charge is 0.269 e. The molecular formula is C45H42N10O4. The van der Waals surface area contributed by atoms with Gasteiger partial charge in [0.1, 0.15) is 36.2 Å². The average Bonchev–Trinajstić information content (AvgIpc) is 4.11. The molecule has 0 bridgehead atoms. The van der Waals surface area contributed by atoms with Crippen molar-refractivity contribution in [2.24, 2.45) is 0 Å². The molecule has 1 saturated heterocycles. The fourth-order valence-electron chi connectivity index (χ4n) is 8.12. The zero-order valence-corrected chi connectivity index (χ0v) is 32.4. The molecule has 0 unspecified atom stereocenters. The minimum atomic E-state index is -0.715. The Kier molecular flexibility index (Phi) is 9.37. The van der Waals surface area contributed by atoms with Crippen molar-refractivity contribution in [3.8, 4) is 28.6 Å². The number of likely N-dealkylation sites (N-methyl/N-ethyl adjacent to an activating group) is 1. The number of nitrogens with zero attached hydrogens (tertiary/aromatic N) is 8. The van der Waals surface area contributed by atoms with Crippen molar-refractivity contribution in [3.63, 3.8) is 0 Å². The second kappa shape index (κ2) is 15.3. The molecule has 2 aliphatic heterocycles. The van der Waals surface area contributed by atoms with Crippen molar-refractivity contribution in [2.45, 2.75) is 31.8 Å². The van der Waals surface area contributed by atoms with Gasteiger partial charge in [0.25, 0.3) is 12.2 Å². The Morgan fingerprint density at radius 2 is 1.75 bits per heavy atom. The number of amides is 1. The van der Waals surface area contributed by atoms with Gasteiger partial charge in [0.15, 0.2) is 17.3 Å².